The van der Waals surface area contributed by atoms with Crippen LogP contribution < -0.4 is 10.2 Å². The van der Waals surface area contributed by atoms with Gasteiger partial charge in [0, 0.05) is 44.7 Å². The number of unbranched alkanes of at least 4 members (excludes halogenated alkanes) is 6. The summed E-state index contributed by atoms with van der Waals surface area (Å²) in [5, 5.41) is 23.9. The maximum atomic E-state index is 12.9. The number of thiazole rings is 1. The lowest BCUT2D eigenvalue weighted by Crippen LogP contribution is -2.58. The number of aromatic amines is 1. The lowest BCUT2D eigenvalue weighted by Gasteiger charge is -2.47. The molecule has 45 heavy (non-hydrogen) atoms. The number of amides is 1. The first-order chi connectivity index (χ1) is 21.9. The molecule has 2 aliphatic rings. The van der Waals surface area contributed by atoms with Crippen LogP contribution in [-0.2, 0) is 16.0 Å². The molecule has 2 fully saturated rings. The fourth-order valence-electron chi connectivity index (χ4n) is 6.72. The van der Waals surface area contributed by atoms with Gasteiger partial charge in [-0.15, -0.1) is 0 Å². The number of nitrogens with one attached hydrogen (secondary N) is 2. The second-order valence-corrected chi connectivity index (χ2v) is 13.7. The van der Waals surface area contributed by atoms with Gasteiger partial charge in [0.1, 0.15) is 11.3 Å². The number of fused-ring (bicyclic) bond motifs is 1. The number of carbonyl (C=O) groups is 1. The highest BCUT2D eigenvalue weighted by Gasteiger charge is 2.40. The van der Waals surface area contributed by atoms with E-state index in [-0.39, 0.29) is 22.1 Å². The normalized spacial score (nSPS) is 17.7. The summed E-state index contributed by atoms with van der Waals surface area (Å²) in [6.45, 7) is 6.62. The van der Waals surface area contributed by atoms with E-state index in [2.05, 4.69) is 27.3 Å². The van der Waals surface area contributed by atoms with Crippen molar-refractivity contribution in [3.05, 3.63) is 63.3 Å². The number of hydrogen-bond donors (Lipinski definition) is 4. The van der Waals surface area contributed by atoms with E-state index in [1.54, 1.807) is 6.07 Å². The molecule has 2 aromatic carbocycles. The molecule has 10 heteroatoms. The molecule has 2 aliphatic heterocycles. The highest BCUT2D eigenvalue weighted by Crippen LogP contribution is 2.32. The third-order valence-electron chi connectivity index (χ3n) is 9.45. The quantitative estimate of drug-likeness (QED) is 0.164. The highest BCUT2D eigenvalue weighted by atomic mass is 32.1. The first-order valence-corrected chi connectivity index (χ1v) is 17.7. The third-order valence-corrected chi connectivity index (χ3v) is 10.4. The first-order valence-electron chi connectivity index (χ1n) is 16.8. The van der Waals surface area contributed by atoms with Gasteiger partial charge in [-0.25, -0.2) is 0 Å². The van der Waals surface area contributed by atoms with Crippen LogP contribution in [0.2, 0.25) is 0 Å². The van der Waals surface area contributed by atoms with E-state index in [0.29, 0.717) is 41.9 Å². The topological polar surface area (TPSA) is 118 Å². The minimum atomic E-state index is -0.728. The maximum absolute atomic E-state index is 12.9. The molecule has 4 N–H and O–H groups in total. The molecule has 0 saturated carbocycles. The van der Waals surface area contributed by atoms with Crippen LogP contribution in [0.1, 0.15) is 81.4 Å². The first kappa shape index (κ1) is 33.6. The summed E-state index contributed by atoms with van der Waals surface area (Å²) in [7, 11) is 0. The van der Waals surface area contributed by atoms with E-state index in [1.807, 2.05) is 23.1 Å². The van der Waals surface area contributed by atoms with E-state index in [0.717, 1.165) is 69.7 Å². The van der Waals surface area contributed by atoms with Gasteiger partial charge in [-0.3, -0.25) is 9.59 Å². The summed E-state index contributed by atoms with van der Waals surface area (Å²) in [5.74, 6) is 0.280. The van der Waals surface area contributed by atoms with Crippen molar-refractivity contribution < 1.29 is 19.7 Å². The molecule has 1 amide bonds. The van der Waals surface area contributed by atoms with Crippen LogP contribution in [0.25, 0.3) is 10.2 Å². The second-order valence-electron chi connectivity index (χ2n) is 12.8. The van der Waals surface area contributed by atoms with Crippen LogP contribution in [-0.4, -0.2) is 88.9 Å². The zero-order valence-corrected chi connectivity index (χ0v) is 27.3. The van der Waals surface area contributed by atoms with Gasteiger partial charge in [-0.05, 0) is 56.8 Å². The summed E-state index contributed by atoms with van der Waals surface area (Å²) in [5.41, 5.74) is 2.12. The summed E-state index contributed by atoms with van der Waals surface area (Å²) < 4.78 is 6.92. The number of phenolic OH excluding ortho intramolecular Hbond substituents is 1. The Hall–Kier alpha value is -2.76. The lowest BCUT2D eigenvalue weighted by molar-refractivity contribution is -0.159. The Bertz CT molecular complexity index is 1400. The van der Waals surface area contributed by atoms with Crippen molar-refractivity contribution in [1.82, 2.24) is 20.1 Å². The molecule has 2 saturated heterocycles. The van der Waals surface area contributed by atoms with Crippen LogP contribution in [0.5, 0.6) is 5.75 Å². The molecule has 1 aromatic heterocycles. The summed E-state index contributed by atoms with van der Waals surface area (Å²) >= 11 is 1.02. The van der Waals surface area contributed by atoms with Crippen molar-refractivity contribution >= 4 is 27.5 Å². The van der Waals surface area contributed by atoms with E-state index >= 15 is 0 Å². The number of aliphatic hydroxyl groups excluding tert-OH is 1. The van der Waals surface area contributed by atoms with Gasteiger partial charge < -0.3 is 35.1 Å². The average Bonchev–Trinajstić information content (AvgIpc) is 3.46. The van der Waals surface area contributed by atoms with Crippen molar-refractivity contribution in [2.75, 3.05) is 52.4 Å². The van der Waals surface area contributed by atoms with Gasteiger partial charge in [0.2, 0.25) is 5.91 Å². The molecule has 0 radical (unpaired) electrons. The number of likely N-dealkylation sites (tertiary alicyclic amines) is 1. The maximum Gasteiger partial charge on any atom is 0.305 e. The predicted molar refractivity (Wildman–Crippen MR) is 180 cm³/mol. The lowest BCUT2D eigenvalue weighted by atomic mass is 9.89. The number of aromatic nitrogens is 1. The van der Waals surface area contributed by atoms with Gasteiger partial charge in [0.05, 0.1) is 23.0 Å². The molecular formula is C35H50N4O5S. The Balaban J connectivity index is 0.872. The fraction of sp³-hybridized carbons (Fsp3) is 0.600. The molecule has 0 aliphatic carbocycles. The van der Waals surface area contributed by atoms with Gasteiger partial charge in [-0.1, -0.05) is 79.8 Å². The number of ether oxygens (including phenoxy) is 1. The highest BCUT2D eigenvalue weighted by molar-refractivity contribution is 7.16. The molecule has 9 nitrogen and oxygen atoms in total. The SMILES string of the molecule is O=C(CCc1ccccc1)N1CCOC2(CCN(CCCCCCCCCNCC(O)c3ccc(O)c4[nH]c(=O)sc34)CC2)C1. The van der Waals surface area contributed by atoms with Crippen molar-refractivity contribution in [3.63, 3.8) is 0 Å². The van der Waals surface area contributed by atoms with Gasteiger partial charge in [-0.2, -0.15) is 0 Å². The monoisotopic (exact) mass is 638 g/mol. The average molecular weight is 639 g/mol. The number of nitrogens with zero attached hydrogens (tertiary/aromatic N) is 2. The zero-order chi connectivity index (χ0) is 31.5. The number of benzene rings is 2. The molecular weight excluding hydrogens is 588 g/mol. The molecule has 5 rings (SSSR count). The van der Waals surface area contributed by atoms with Crippen LogP contribution in [0.4, 0.5) is 0 Å². The minimum absolute atomic E-state index is 0.0265. The fourth-order valence-corrected chi connectivity index (χ4v) is 7.64. The Morgan fingerprint density at radius 2 is 1.73 bits per heavy atom. The standard InChI is InChI=1S/C35H50N4O5S/c40-29-15-14-28(33-32(29)37-34(43)45-33)30(41)25-36-19-9-4-2-1-3-5-10-20-38-21-17-35(18-22-38)26-39(23-24-44-35)31(42)16-13-27-11-7-6-8-12-27/h6-8,11-12,14-15,30,36,40-41H,1-5,9-10,13,16-26H2,(H,37,43). The number of aromatic hydroxyl groups is 1. The number of phenols is 1. The number of carbonyl (C=O) groups excluding carboxylic acids is 1. The van der Waals surface area contributed by atoms with Gasteiger partial charge in [0.25, 0.3) is 0 Å². The number of hydrogen-bond acceptors (Lipinski definition) is 8. The Morgan fingerprint density at radius 1 is 1.00 bits per heavy atom. The molecule has 3 heterocycles. The van der Waals surface area contributed by atoms with E-state index in [4.69, 9.17) is 4.74 Å². The number of aliphatic hydroxyl groups is 1. The number of morpholine rings is 1. The Labute approximate surface area is 270 Å². The Morgan fingerprint density at radius 3 is 2.51 bits per heavy atom. The van der Waals surface area contributed by atoms with Crippen LogP contribution in [0.15, 0.2) is 47.3 Å². The summed E-state index contributed by atoms with van der Waals surface area (Å²) in [4.78, 5) is 31.6. The number of aryl methyl sites for hydroxylation is 1. The van der Waals surface area contributed by atoms with E-state index in [1.165, 1.54) is 50.2 Å². The predicted octanol–water partition coefficient (Wildman–Crippen LogP) is 4.98. The summed E-state index contributed by atoms with van der Waals surface area (Å²) in [6.07, 6.45) is 11.1. The number of piperidine rings is 1. The molecule has 0 bridgehead atoms. The zero-order valence-electron chi connectivity index (χ0n) is 26.5. The van der Waals surface area contributed by atoms with E-state index in [9.17, 15) is 19.8 Å². The smallest absolute Gasteiger partial charge is 0.305 e. The van der Waals surface area contributed by atoms with Crippen molar-refractivity contribution in [2.24, 2.45) is 0 Å². The Kier molecular flexibility index (Phi) is 12.5. The van der Waals surface area contributed by atoms with Crippen molar-refractivity contribution in [3.8, 4) is 5.75 Å². The van der Waals surface area contributed by atoms with Crippen LogP contribution in [0.3, 0.4) is 0 Å². The molecule has 1 spiro atoms. The molecule has 246 valence electrons. The third kappa shape index (κ3) is 9.62. The van der Waals surface area contributed by atoms with E-state index < -0.39 is 6.10 Å². The largest absolute Gasteiger partial charge is 0.506 e. The van der Waals surface area contributed by atoms with Crippen molar-refractivity contribution in [2.45, 2.75) is 82.3 Å². The molecule has 1 unspecified atom stereocenters. The van der Waals surface area contributed by atoms with Gasteiger partial charge >= 0.3 is 4.87 Å². The van der Waals surface area contributed by atoms with Crippen LogP contribution >= 0.6 is 11.3 Å². The van der Waals surface area contributed by atoms with Gasteiger partial charge in [0.15, 0.2) is 0 Å². The van der Waals surface area contributed by atoms with Crippen LogP contribution in [0, 0.1) is 0 Å². The number of rotatable bonds is 16. The summed E-state index contributed by atoms with van der Waals surface area (Å²) in [6, 6.07) is 13.5. The molecule has 1 atom stereocenters. The minimum Gasteiger partial charge on any atom is -0.506 e. The second kappa shape index (κ2) is 16.7. The van der Waals surface area contributed by atoms with Crippen molar-refractivity contribution in [1.29, 1.82) is 0 Å². The molecule has 3 aromatic rings. The number of H-pyrrole nitrogens is 1.